The number of nitrogens with one attached hydrogen (secondary N) is 2. The summed E-state index contributed by atoms with van der Waals surface area (Å²) in [4.78, 5) is 20.5. The van der Waals surface area contributed by atoms with Crippen LogP contribution in [-0.2, 0) is 6.42 Å². The van der Waals surface area contributed by atoms with Gasteiger partial charge < -0.3 is 10.3 Å². The van der Waals surface area contributed by atoms with E-state index in [2.05, 4.69) is 83.1 Å². The average molecular weight is 468 g/mol. The number of rotatable bonds is 6. The Bertz CT molecular complexity index is 1650. The van der Waals surface area contributed by atoms with Crippen molar-refractivity contribution in [1.82, 2.24) is 15.3 Å². The average Bonchev–Trinajstić information content (AvgIpc) is 3.31. The Morgan fingerprint density at radius 2 is 1.36 bits per heavy atom. The second-order valence-electron chi connectivity index (χ2n) is 8.94. The molecule has 0 saturated carbocycles. The summed E-state index contributed by atoms with van der Waals surface area (Å²) in [5.41, 5.74) is 8.43. The molecule has 1 amide bonds. The van der Waals surface area contributed by atoms with Crippen LogP contribution >= 0.6 is 0 Å². The van der Waals surface area contributed by atoms with Gasteiger partial charge in [0, 0.05) is 40.2 Å². The van der Waals surface area contributed by atoms with Crippen molar-refractivity contribution >= 4 is 27.8 Å². The molecule has 0 radical (unpaired) electrons. The lowest BCUT2D eigenvalue weighted by atomic mass is 10.0. The summed E-state index contributed by atoms with van der Waals surface area (Å²) in [6.07, 6.45) is 2.69. The Kier molecular flexibility index (Phi) is 5.76. The van der Waals surface area contributed by atoms with Gasteiger partial charge in [0.05, 0.1) is 0 Å². The van der Waals surface area contributed by atoms with E-state index < -0.39 is 0 Å². The highest BCUT2D eigenvalue weighted by molar-refractivity contribution is 6.07. The van der Waals surface area contributed by atoms with Crippen LogP contribution in [0, 0.1) is 0 Å². The maximum Gasteiger partial charge on any atom is 0.251 e. The van der Waals surface area contributed by atoms with Crippen molar-refractivity contribution in [3.63, 3.8) is 0 Å². The van der Waals surface area contributed by atoms with Crippen LogP contribution in [-0.4, -0.2) is 22.4 Å². The first-order chi connectivity index (χ1) is 17.7. The summed E-state index contributed by atoms with van der Waals surface area (Å²) < 4.78 is 0. The third-order valence-corrected chi connectivity index (χ3v) is 6.58. The number of hydrogen-bond donors (Lipinski definition) is 2. The molecule has 36 heavy (non-hydrogen) atoms. The molecule has 174 valence electrons. The number of carbonyl (C=O) groups excluding carboxylic acids is 1. The summed E-state index contributed by atoms with van der Waals surface area (Å²) in [5.74, 6) is -0.0455. The van der Waals surface area contributed by atoms with Crippen LogP contribution in [0.2, 0.25) is 0 Å². The topological polar surface area (TPSA) is 57.8 Å². The van der Waals surface area contributed by atoms with E-state index in [9.17, 15) is 4.79 Å². The van der Waals surface area contributed by atoms with E-state index in [1.807, 2.05) is 42.6 Å². The molecule has 0 unspecified atom stereocenters. The Morgan fingerprint density at radius 3 is 2.11 bits per heavy atom. The highest BCUT2D eigenvalue weighted by atomic mass is 16.1. The number of amides is 1. The number of carbonyl (C=O) groups is 1. The van der Waals surface area contributed by atoms with Crippen molar-refractivity contribution < 1.29 is 4.79 Å². The number of aromatic amines is 1. The second-order valence-corrected chi connectivity index (χ2v) is 8.94. The zero-order valence-electron chi connectivity index (χ0n) is 19.7. The van der Waals surface area contributed by atoms with Gasteiger partial charge in [-0.2, -0.15) is 0 Å². The fourth-order valence-corrected chi connectivity index (χ4v) is 4.63. The number of hydrogen-bond acceptors (Lipinski definition) is 2. The molecular weight excluding hydrogens is 442 g/mol. The molecule has 0 atom stereocenters. The monoisotopic (exact) mass is 467 g/mol. The molecule has 0 aliphatic rings. The van der Waals surface area contributed by atoms with Crippen molar-refractivity contribution in [2.24, 2.45) is 0 Å². The first kappa shape index (κ1) is 21.8. The van der Waals surface area contributed by atoms with Crippen LogP contribution in [0.15, 0.2) is 115 Å². The van der Waals surface area contributed by atoms with E-state index >= 15 is 0 Å². The van der Waals surface area contributed by atoms with Crippen molar-refractivity contribution in [2.45, 2.75) is 6.42 Å². The summed E-state index contributed by atoms with van der Waals surface area (Å²) >= 11 is 0. The third kappa shape index (κ3) is 4.37. The minimum absolute atomic E-state index is 0.0455. The lowest BCUT2D eigenvalue weighted by molar-refractivity contribution is 0.0954. The molecule has 4 aromatic carbocycles. The van der Waals surface area contributed by atoms with Crippen LogP contribution in [0.4, 0.5) is 0 Å². The number of fused-ring (bicyclic) bond motifs is 3. The highest BCUT2D eigenvalue weighted by Gasteiger charge is 2.10. The third-order valence-electron chi connectivity index (χ3n) is 6.58. The maximum absolute atomic E-state index is 12.3. The van der Waals surface area contributed by atoms with E-state index in [4.69, 9.17) is 4.98 Å². The zero-order chi connectivity index (χ0) is 24.3. The van der Waals surface area contributed by atoms with Gasteiger partial charge in [-0.3, -0.25) is 4.79 Å². The van der Waals surface area contributed by atoms with Crippen LogP contribution in [0.1, 0.15) is 15.9 Å². The van der Waals surface area contributed by atoms with Gasteiger partial charge in [0.1, 0.15) is 5.65 Å². The predicted octanol–water partition coefficient (Wildman–Crippen LogP) is 7.02. The van der Waals surface area contributed by atoms with Crippen LogP contribution in [0.3, 0.4) is 0 Å². The van der Waals surface area contributed by atoms with E-state index in [1.54, 1.807) is 0 Å². The molecule has 0 aliphatic heterocycles. The first-order valence-electron chi connectivity index (χ1n) is 12.1. The molecule has 6 aromatic rings. The summed E-state index contributed by atoms with van der Waals surface area (Å²) in [5, 5.41) is 5.26. The molecule has 2 N–H and O–H groups in total. The van der Waals surface area contributed by atoms with Crippen LogP contribution in [0.25, 0.3) is 44.2 Å². The van der Waals surface area contributed by atoms with Gasteiger partial charge in [-0.15, -0.1) is 0 Å². The molecule has 6 rings (SSSR count). The molecule has 2 aromatic heterocycles. The SMILES string of the molecule is O=C(NCCc1ccc2[nH]c3ncc(-c4ccc(-c5ccccc5)cc4)cc3c2c1)c1ccccc1. The summed E-state index contributed by atoms with van der Waals surface area (Å²) in [6.45, 7) is 0.582. The number of pyridine rings is 1. The lowest BCUT2D eigenvalue weighted by Gasteiger charge is -2.06. The minimum atomic E-state index is -0.0455. The van der Waals surface area contributed by atoms with Crippen LogP contribution in [0.5, 0.6) is 0 Å². The first-order valence-corrected chi connectivity index (χ1v) is 12.1. The molecule has 4 nitrogen and oxygen atoms in total. The predicted molar refractivity (Wildman–Crippen MR) is 147 cm³/mol. The van der Waals surface area contributed by atoms with Gasteiger partial charge >= 0.3 is 0 Å². The quantitative estimate of drug-likeness (QED) is 0.276. The fraction of sp³-hybridized carbons (Fsp3) is 0.0625. The number of nitrogens with zero attached hydrogens (tertiary/aromatic N) is 1. The van der Waals surface area contributed by atoms with Gasteiger partial charge in [-0.1, -0.05) is 78.9 Å². The Hall–Kier alpha value is -4.70. The van der Waals surface area contributed by atoms with Crippen molar-refractivity contribution in [2.75, 3.05) is 6.54 Å². The largest absolute Gasteiger partial charge is 0.352 e. The normalized spacial score (nSPS) is 11.1. The smallest absolute Gasteiger partial charge is 0.251 e. The van der Waals surface area contributed by atoms with Gasteiger partial charge in [-0.05, 0) is 59.0 Å². The Balaban J connectivity index is 1.24. The Labute approximate surface area is 209 Å². The highest BCUT2D eigenvalue weighted by Crippen LogP contribution is 2.30. The van der Waals surface area contributed by atoms with Crippen molar-refractivity contribution in [3.05, 3.63) is 127 Å². The van der Waals surface area contributed by atoms with Crippen molar-refractivity contribution in [1.29, 1.82) is 0 Å². The zero-order valence-corrected chi connectivity index (χ0v) is 19.7. The van der Waals surface area contributed by atoms with E-state index in [-0.39, 0.29) is 5.91 Å². The van der Waals surface area contributed by atoms with E-state index in [0.29, 0.717) is 12.1 Å². The molecule has 0 fully saturated rings. The van der Waals surface area contributed by atoms with Crippen LogP contribution < -0.4 is 5.32 Å². The number of aromatic nitrogens is 2. The molecule has 4 heteroatoms. The van der Waals surface area contributed by atoms with Gasteiger partial charge in [0.25, 0.3) is 5.91 Å². The number of benzene rings is 4. The fourth-order valence-electron chi connectivity index (χ4n) is 4.63. The number of H-pyrrole nitrogens is 1. The molecule has 0 spiro atoms. The summed E-state index contributed by atoms with van der Waals surface area (Å²) in [6, 6.07) is 37.0. The standard InChI is InChI=1S/C32H25N3O/c36-32(26-9-5-2-6-10-26)33-18-17-22-11-16-30-28(19-22)29-20-27(21-34-31(29)35-30)25-14-12-24(13-15-25)23-7-3-1-4-8-23/h1-16,19-21H,17-18H2,(H,33,36)(H,34,35). The molecule has 0 saturated heterocycles. The summed E-state index contributed by atoms with van der Waals surface area (Å²) in [7, 11) is 0. The van der Waals surface area contributed by atoms with E-state index in [0.717, 1.165) is 39.5 Å². The van der Waals surface area contributed by atoms with Gasteiger partial charge in [0.15, 0.2) is 0 Å². The van der Waals surface area contributed by atoms with Gasteiger partial charge in [0.2, 0.25) is 0 Å². The molecule has 0 bridgehead atoms. The Morgan fingerprint density at radius 1 is 0.694 bits per heavy atom. The molecule has 0 aliphatic carbocycles. The van der Waals surface area contributed by atoms with Gasteiger partial charge in [-0.25, -0.2) is 4.98 Å². The molecular formula is C32H25N3O. The second kappa shape index (κ2) is 9.51. The maximum atomic E-state index is 12.3. The van der Waals surface area contributed by atoms with Crippen molar-refractivity contribution in [3.8, 4) is 22.3 Å². The lowest BCUT2D eigenvalue weighted by Crippen LogP contribution is -2.25. The molecule has 2 heterocycles. The van der Waals surface area contributed by atoms with E-state index in [1.165, 1.54) is 16.7 Å². The minimum Gasteiger partial charge on any atom is -0.352 e.